The molecule has 4 aromatic heterocycles. The summed E-state index contributed by atoms with van der Waals surface area (Å²) in [5, 5.41) is 35.9. The summed E-state index contributed by atoms with van der Waals surface area (Å²) < 4.78 is 104. The van der Waals surface area contributed by atoms with Crippen molar-refractivity contribution >= 4 is 47.1 Å². The summed E-state index contributed by atoms with van der Waals surface area (Å²) in [7, 11) is 1.13. The van der Waals surface area contributed by atoms with Gasteiger partial charge in [-0.2, -0.15) is 4.73 Å². The number of hydrogen-bond donors (Lipinski definition) is 3. The van der Waals surface area contributed by atoms with Crippen LogP contribution in [0.25, 0.3) is 0 Å². The van der Waals surface area contributed by atoms with Crippen LogP contribution in [0.5, 0.6) is 0 Å². The van der Waals surface area contributed by atoms with E-state index in [1.54, 1.807) is 0 Å². The number of hydrogen-bond acceptors (Lipinski definition) is 9. The lowest BCUT2D eigenvalue weighted by atomic mass is 10.4. The number of pyridine rings is 4. The van der Waals surface area contributed by atoms with Gasteiger partial charge in [-0.15, -0.1) is 0 Å². The molecule has 15 heteroatoms. The first kappa shape index (κ1) is 16.7. The number of methoxy groups -OCH3 is 1. The average Bonchev–Trinajstić information content (AvgIpc) is 3.11. The third-order valence-electron chi connectivity index (χ3n) is 3.17. The Kier molecular flexibility index (Phi) is 7.28. The number of carbonyl (C=O) groups excluding carboxylic acids is 1. The Labute approximate surface area is 256 Å². The van der Waals surface area contributed by atoms with Crippen LogP contribution in [0, 0.1) is 5.21 Å². The quantitative estimate of drug-likeness (QED) is 0.132. The Morgan fingerprint density at radius 1 is 0.775 bits per heavy atom. The van der Waals surface area contributed by atoms with Crippen LogP contribution in [0.15, 0.2) is 84.9 Å². The maximum absolute atomic E-state index is 11.0. The second-order valence-electron chi connectivity index (χ2n) is 5.74. The molecule has 4 heterocycles. The molecule has 0 aliphatic rings. The lowest BCUT2D eigenvalue weighted by Crippen LogP contribution is -2.33. The average molecular weight is 605 g/mol. The van der Waals surface area contributed by atoms with Crippen molar-refractivity contribution in [3.05, 3.63) is 123 Å². The summed E-state index contributed by atoms with van der Waals surface area (Å²) in [4.78, 5) is 52.4. The third kappa shape index (κ3) is 12.4. The number of aromatic nitrogens is 4. The summed E-state index contributed by atoms with van der Waals surface area (Å²) >= 11 is 10.9. The van der Waals surface area contributed by atoms with Gasteiger partial charge < -0.3 is 25.3 Å². The van der Waals surface area contributed by atoms with Gasteiger partial charge in [-0.25, -0.2) is 34.1 Å². The molecule has 0 amide bonds. The van der Waals surface area contributed by atoms with Crippen molar-refractivity contribution < 1.29 is 63.2 Å². The van der Waals surface area contributed by atoms with E-state index in [0.29, 0.717) is 0 Å². The van der Waals surface area contributed by atoms with Crippen LogP contribution in [0.1, 0.15) is 61.1 Å². The van der Waals surface area contributed by atoms with Gasteiger partial charge in [-0.1, -0.05) is 41.3 Å². The van der Waals surface area contributed by atoms with Crippen LogP contribution >= 0.6 is 23.2 Å². The molecule has 0 fully saturated rings. The largest absolute Gasteiger partial charge is 0.618 e. The van der Waals surface area contributed by atoms with Crippen LogP contribution in [0.3, 0.4) is 0 Å². The van der Waals surface area contributed by atoms with Gasteiger partial charge in [0.15, 0.2) is 6.17 Å². The van der Waals surface area contributed by atoms with Crippen molar-refractivity contribution in [2.24, 2.45) is 0 Å². The van der Waals surface area contributed by atoms with Gasteiger partial charge in [0, 0.05) is 18.3 Å². The second kappa shape index (κ2) is 17.4. The van der Waals surface area contributed by atoms with E-state index in [1.807, 2.05) is 0 Å². The number of rotatable bonds is 4. The number of nitrogens with zero attached hydrogens (tertiary/aromatic N) is 4. The van der Waals surface area contributed by atoms with E-state index < -0.39 is 120 Å². The summed E-state index contributed by atoms with van der Waals surface area (Å²) in [6.45, 7) is 0. The normalized spacial score (nSPS) is 14.1. The van der Waals surface area contributed by atoms with E-state index in [1.165, 1.54) is 0 Å². The molecule has 0 aliphatic carbocycles. The molecule has 13 nitrogen and oxygen atoms in total. The Bertz CT molecular complexity index is 2080. The van der Waals surface area contributed by atoms with Crippen LogP contribution in [-0.4, -0.2) is 61.3 Å². The second-order valence-corrected chi connectivity index (χ2v) is 6.45. The van der Waals surface area contributed by atoms with E-state index >= 15 is 0 Å². The highest BCUT2D eigenvalue weighted by Crippen LogP contribution is 2.05. The summed E-state index contributed by atoms with van der Waals surface area (Å²) in [5.41, 5.74) is -2.62. The standard InChI is InChI=1S/C7H6ClNO2.C6H4ClNO2.C6H5NO3.C6H5NO2/c1-11-7(10)5-3-2-4-6(8)9-5;7-5-3-1-2-4(8-5)6(9)10;8-6(9)5-3-1-2-4-7(5)10;8-6(9)5-3-1-2-4-7-5/h2-4H,1H3;1-3H,(H,9,10);1-4H,(H,8,9);1-4H,(H,8,9)/i2D,3D,4D;1D,2D,3D;2*1D,2D,3D,4D. The van der Waals surface area contributed by atoms with Crippen molar-refractivity contribution in [1.82, 2.24) is 15.0 Å². The molecule has 0 radical (unpaired) electrons. The van der Waals surface area contributed by atoms with Gasteiger partial charge in [0.1, 0.15) is 28.8 Å². The van der Waals surface area contributed by atoms with Crippen molar-refractivity contribution in [2.75, 3.05) is 7.11 Å². The fourth-order valence-corrected chi connectivity index (χ4v) is 1.90. The van der Waals surface area contributed by atoms with E-state index in [2.05, 4.69) is 19.7 Å². The summed E-state index contributed by atoms with van der Waals surface area (Å²) in [6.07, 6.45) is -1.54. The predicted octanol–water partition coefficient (Wildman–Crippen LogP) is 3.75. The molecule has 0 spiro atoms. The fourth-order valence-electron chi connectivity index (χ4n) is 1.63. The fraction of sp³-hybridized carbons (Fsp3) is 0.0400. The van der Waals surface area contributed by atoms with Crippen LogP contribution in [0.2, 0.25) is 10.3 Å². The smallest absolute Gasteiger partial charge is 0.402 e. The Hall–Kier alpha value is -5.14. The minimum absolute atomic E-state index is 0.286. The maximum Gasteiger partial charge on any atom is 0.402 e. The minimum atomic E-state index is -1.69. The van der Waals surface area contributed by atoms with Gasteiger partial charge in [0.05, 0.1) is 24.9 Å². The first-order valence-electron chi connectivity index (χ1n) is 16.4. The Morgan fingerprint density at radius 2 is 1.30 bits per heavy atom. The van der Waals surface area contributed by atoms with Gasteiger partial charge in [0.25, 0.3) is 0 Å². The highest BCUT2D eigenvalue weighted by Gasteiger charge is 2.11. The van der Waals surface area contributed by atoms with Crippen molar-refractivity contribution in [3.8, 4) is 0 Å². The number of aromatic carboxylic acids is 3. The topological polar surface area (TPSA) is 204 Å². The maximum atomic E-state index is 11.0. The zero-order chi connectivity index (χ0) is 42.3. The van der Waals surface area contributed by atoms with E-state index in [9.17, 15) is 24.4 Å². The molecule has 208 valence electrons. The summed E-state index contributed by atoms with van der Waals surface area (Å²) in [6, 6.07) is -6.92. The molecule has 0 aliphatic heterocycles. The highest BCUT2D eigenvalue weighted by atomic mass is 35.5. The van der Waals surface area contributed by atoms with Gasteiger partial charge in [0.2, 0.25) is 0 Å². The molecule has 0 saturated heterocycles. The SMILES string of the molecule is [2H]c1c(Cl)nc(C(=O)O)c([2H])c1[2H].[2H]c1c(Cl)nc(C(=O)OC)c([2H])c1[2H].[2H]c1c([2H])c([2H])[n+]([O-])c(C(=O)O)c1[2H].[2H]c1nc(C(=O)O)c([2H])c([2H])c1[2H]. The Morgan fingerprint density at radius 3 is 1.85 bits per heavy atom. The lowest BCUT2D eigenvalue weighted by Gasteiger charge is -1.96. The Balaban J connectivity index is 0.000000360. The van der Waals surface area contributed by atoms with Crippen molar-refractivity contribution in [2.45, 2.75) is 0 Å². The molecule has 4 aromatic rings. The van der Waals surface area contributed by atoms with E-state index in [0.717, 1.165) is 7.11 Å². The highest BCUT2D eigenvalue weighted by molar-refractivity contribution is 6.29. The molecule has 3 N–H and O–H groups in total. The summed E-state index contributed by atoms with van der Waals surface area (Å²) in [5.74, 6) is -5.43. The molecule has 40 heavy (non-hydrogen) atoms. The van der Waals surface area contributed by atoms with E-state index in [-0.39, 0.29) is 26.8 Å². The number of carboxylic acid groups (broad SMARTS) is 3. The van der Waals surface area contributed by atoms with E-state index in [4.69, 9.17) is 57.7 Å². The monoisotopic (exact) mass is 604 g/mol. The number of esters is 1. The molecule has 0 atom stereocenters. The first-order valence-corrected chi connectivity index (χ1v) is 10.2. The number of carboxylic acids is 3. The van der Waals surface area contributed by atoms with Gasteiger partial charge >= 0.3 is 29.6 Å². The first-order chi connectivity index (χ1) is 24.8. The van der Waals surface area contributed by atoms with Gasteiger partial charge in [-0.05, 0) is 42.3 Å². The van der Waals surface area contributed by atoms with Crippen LogP contribution in [-0.2, 0) is 4.74 Å². The number of ether oxygens (including phenoxy) is 1. The van der Waals surface area contributed by atoms with Crippen LogP contribution < -0.4 is 4.73 Å². The van der Waals surface area contributed by atoms with Crippen molar-refractivity contribution in [3.63, 3.8) is 0 Å². The molecule has 4 rings (SSSR count). The third-order valence-corrected chi connectivity index (χ3v) is 3.53. The zero-order valence-corrected chi connectivity index (χ0v) is 20.8. The molecule has 0 unspecified atom stereocenters. The molecule has 0 saturated carbocycles. The zero-order valence-electron chi connectivity index (χ0n) is 33.3. The molecule has 0 bridgehead atoms. The number of carbonyl (C=O) groups is 4. The van der Waals surface area contributed by atoms with Gasteiger partial charge in [-0.3, -0.25) is 0 Å². The molecule has 0 aromatic carbocycles. The number of halogens is 2. The van der Waals surface area contributed by atoms with Crippen molar-refractivity contribution in [1.29, 1.82) is 0 Å². The predicted molar refractivity (Wildman–Crippen MR) is 140 cm³/mol. The molecular formula is C25H20Cl2N4O9. The molecular weight excluding hydrogens is 571 g/mol. The minimum Gasteiger partial charge on any atom is -0.618 e. The lowest BCUT2D eigenvalue weighted by molar-refractivity contribution is -0.608. The van der Waals surface area contributed by atoms with Crippen LogP contribution in [0.4, 0.5) is 0 Å².